The lowest BCUT2D eigenvalue weighted by Crippen LogP contribution is -2.43. The number of likely N-dealkylation sites (tertiary alicyclic amines) is 1. The van der Waals surface area contributed by atoms with Crippen LogP contribution in [0.3, 0.4) is 0 Å². The van der Waals surface area contributed by atoms with Crippen molar-refractivity contribution in [3.05, 3.63) is 29.6 Å². The molecule has 0 aromatic carbocycles. The van der Waals surface area contributed by atoms with Crippen LogP contribution >= 0.6 is 0 Å². The summed E-state index contributed by atoms with van der Waals surface area (Å²) in [5, 5.41) is 8.94. The molecule has 1 saturated heterocycles. The van der Waals surface area contributed by atoms with Crippen molar-refractivity contribution in [3.8, 4) is 0 Å². The number of rotatable bonds is 3. The molecule has 0 bridgehead atoms. The van der Waals surface area contributed by atoms with E-state index >= 15 is 0 Å². The standard InChI is InChI=1S/C14H20N2O2/c1-10-5-3-6-11(2)16(10)9-12-7-4-8-13(15-12)14(17)18/h4,7-8,10-11H,3,5-6,9H2,1-2H3,(H,17,18)/t10-,11+. The predicted octanol–water partition coefficient (Wildman–Crippen LogP) is 2.54. The molecule has 2 atom stereocenters. The van der Waals surface area contributed by atoms with Crippen molar-refractivity contribution in [1.82, 2.24) is 9.88 Å². The molecule has 0 amide bonds. The van der Waals surface area contributed by atoms with Gasteiger partial charge < -0.3 is 5.11 Å². The van der Waals surface area contributed by atoms with Gasteiger partial charge in [-0.15, -0.1) is 0 Å². The highest BCUT2D eigenvalue weighted by Gasteiger charge is 2.24. The van der Waals surface area contributed by atoms with Crippen molar-refractivity contribution in [2.75, 3.05) is 0 Å². The minimum Gasteiger partial charge on any atom is -0.477 e. The summed E-state index contributed by atoms with van der Waals surface area (Å²) in [6.07, 6.45) is 3.70. The fourth-order valence-corrected chi connectivity index (χ4v) is 2.66. The summed E-state index contributed by atoms with van der Waals surface area (Å²) in [5.74, 6) is -0.961. The highest BCUT2D eigenvalue weighted by atomic mass is 16.4. The first kappa shape index (κ1) is 13.0. The number of carboxylic acid groups (broad SMARTS) is 1. The van der Waals surface area contributed by atoms with Crippen LogP contribution in [0.2, 0.25) is 0 Å². The molecule has 0 radical (unpaired) electrons. The molecule has 1 aliphatic rings. The smallest absolute Gasteiger partial charge is 0.354 e. The Balaban J connectivity index is 2.12. The van der Waals surface area contributed by atoms with E-state index < -0.39 is 5.97 Å². The number of aromatic carboxylic acids is 1. The minimum atomic E-state index is -0.961. The number of pyridine rings is 1. The summed E-state index contributed by atoms with van der Waals surface area (Å²) in [6, 6.07) is 6.30. The van der Waals surface area contributed by atoms with E-state index in [1.165, 1.54) is 25.3 Å². The molecular weight excluding hydrogens is 228 g/mol. The van der Waals surface area contributed by atoms with Crippen molar-refractivity contribution in [3.63, 3.8) is 0 Å². The summed E-state index contributed by atoms with van der Waals surface area (Å²) >= 11 is 0. The molecule has 1 aromatic rings. The number of nitrogens with zero attached hydrogens (tertiary/aromatic N) is 2. The van der Waals surface area contributed by atoms with E-state index in [0.717, 1.165) is 12.2 Å². The lowest BCUT2D eigenvalue weighted by molar-refractivity contribution is 0.0688. The zero-order valence-corrected chi connectivity index (χ0v) is 11.0. The molecule has 0 spiro atoms. The number of piperidine rings is 1. The Morgan fingerprint density at radius 1 is 1.39 bits per heavy atom. The molecule has 98 valence electrons. The van der Waals surface area contributed by atoms with Gasteiger partial charge in [-0.1, -0.05) is 12.5 Å². The van der Waals surface area contributed by atoms with E-state index in [1.54, 1.807) is 6.07 Å². The van der Waals surface area contributed by atoms with Crippen molar-refractivity contribution in [2.45, 2.75) is 51.7 Å². The minimum absolute atomic E-state index is 0.129. The highest BCUT2D eigenvalue weighted by Crippen LogP contribution is 2.24. The summed E-state index contributed by atoms with van der Waals surface area (Å²) in [4.78, 5) is 17.5. The average Bonchev–Trinajstić information content (AvgIpc) is 2.34. The van der Waals surface area contributed by atoms with Gasteiger partial charge in [-0.05, 0) is 38.8 Å². The summed E-state index contributed by atoms with van der Waals surface area (Å²) < 4.78 is 0. The van der Waals surface area contributed by atoms with Crippen LogP contribution in [0.25, 0.3) is 0 Å². The van der Waals surface area contributed by atoms with Gasteiger partial charge in [-0.25, -0.2) is 9.78 Å². The molecule has 1 N–H and O–H groups in total. The second-order valence-corrected chi connectivity index (χ2v) is 5.12. The lowest BCUT2D eigenvalue weighted by atomic mass is 9.97. The number of aromatic nitrogens is 1. The average molecular weight is 248 g/mol. The molecular formula is C14H20N2O2. The van der Waals surface area contributed by atoms with Crippen LogP contribution < -0.4 is 0 Å². The number of hydrogen-bond acceptors (Lipinski definition) is 3. The summed E-state index contributed by atoms with van der Waals surface area (Å²) in [7, 11) is 0. The van der Waals surface area contributed by atoms with E-state index in [2.05, 4.69) is 23.7 Å². The van der Waals surface area contributed by atoms with Crippen molar-refractivity contribution in [1.29, 1.82) is 0 Å². The second kappa shape index (κ2) is 5.48. The van der Waals surface area contributed by atoms with Crippen LogP contribution in [0.4, 0.5) is 0 Å². The first-order valence-corrected chi connectivity index (χ1v) is 6.53. The van der Waals surface area contributed by atoms with Gasteiger partial charge in [0, 0.05) is 18.6 Å². The van der Waals surface area contributed by atoms with Gasteiger partial charge in [0.05, 0.1) is 5.69 Å². The maximum Gasteiger partial charge on any atom is 0.354 e. The Hall–Kier alpha value is -1.42. The van der Waals surface area contributed by atoms with E-state index in [9.17, 15) is 4.79 Å². The van der Waals surface area contributed by atoms with Gasteiger partial charge in [-0.3, -0.25) is 4.90 Å². The molecule has 1 aliphatic heterocycles. The number of carbonyl (C=O) groups is 1. The van der Waals surface area contributed by atoms with Crippen molar-refractivity contribution >= 4 is 5.97 Å². The van der Waals surface area contributed by atoms with Crippen LogP contribution in [0.5, 0.6) is 0 Å². The van der Waals surface area contributed by atoms with E-state index in [-0.39, 0.29) is 5.69 Å². The Morgan fingerprint density at radius 3 is 2.67 bits per heavy atom. The Morgan fingerprint density at radius 2 is 2.06 bits per heavy atom. The first-order valence-electron chi connectivity index (χ1n) is 6.53. The van der Waals surface area contributed by atoms with Gasteiger partial charge in [0.2, 0.25) is 0 Å². The molecule has 18 heavy (non-hydrogen) atoms. The van der Waals surface area contributed by atoms with Crippen molar-refractivity contribution in [2.24, 2.45) is 0 Å². The van der Waals surface area contributed by atoms with Gasteiger partial charge in [0.25, 0.3) is 0 Å². The molecule has 4 nitrogen and oxygen atoms in total. The quantitative estimate of drug-likeness (QED) is 0.893. The van der Waals surface area contributed by atoms with Crippen LogP contribution in [-0.2, 0) is 6.54 Å². The van der Waals surface area contributed by atoms with Crippen LogP contribution in [0.15, 0.2) is 18.2 Å². The van der Waals surface area contributed by atoms with E-state index in [1.807, 2.05) is 6.07 Å². The van der Waals surface area contributed by atoms with E-state index in [4.69, 9.17) is 5.11 Å². The second-order valence-electron chi connectivity index (χ2n) is 5.12. The molecule has 1 fully saturated rings. The normalized spacial score (nSPS) is 25.0. The van der Waals surface area contributed by atoms with Crippen LogP contribution in [0.1, 0.15) is 49.3 Å². The van der Waals surface area contributed by atoms with Gasteiger partial charge in [0.15, 0.2) is 0 Å². The topological polar surface area (TPSA) is 53.4 Å². The Bertz CT molecular complexity index is 424. The molecule has 0 saturated carbocycles. The van der Waals surface area contributed by atoms with Gasteiger partial charge >= 0.3 is 5.97 Å². The zero-order valence-electron chi connectivity index (χ0n) is 11.0. The SMILES string of the molecule is C[C@@H]1CCC[C@H](C)N1Cc1cccc(C(=O)O)n1. The monoisotopic (exact) mass is 248 g/mol. The molecule has 0 unspecified atom stereocenters. The Kier molecular flexibility index (Phi) is 3.97. The maximum atomic E-state index is 10.9. The molecule has 4 heteroatoms. The lowest BCUT2D eigenvalue weighted by Gasteiger charge is -2.38. The molecule has 2 heterocycles. The first-order chi connectivity index (χ1) is 8.58. The van der Waals surface area contributed by atoms with Gasteiger partial charge in [-0.2, -0.15) is 0 Å². The predicted molar refractivity (Wildman–Crippen MR) is 69.5 cm³/mol. The van der Waals surface area contributed by atoms with Crippen LogP contribution in [0, 0.1) is 0 Å². The highest BCUT2D eigenvalue weighted by molar-refractivity contribution is 5.85. The fourth-order valence-electron chi connectivity index (χ4n) is 2.66. The third-order valence-corrected chi connectivity index (χ3v) is 3.75. The Labute approximate surface area is 108 Å². The molecule has 1 aromatic heterocycles. The maximum absolute atomic E-state index is 10.9. The number of carboxylic acids is 1. The van der Waals surface area contributed by atoms with E-state index in [0.29, 0.717) is 12.1 Å². The zero-order chi connectivity index (χ0) is 13.1. The van der Waals surface area contributed by atoms with Gasteiger partial charge in [0.1, 0.15) is 5.69 Å². The van der Waals surface area contributed by atoms with Crippen LogP contribution in [-0.4, -0.2) is 33.0 Å². The molecule has 0 aliphatic carbocycles. The number of hydrogen-bond donors (Lipinski definition) is 1. The molecule has 2 rings (SSSR count). The summed E-state index contributed by atoms with van der Waals surface area (Å²) in [6.45, 7) is 5.21. The third kappa shape index (κ3) is 2.88. The van der Waals surface area contributed by atoms with Crippen molar-refractivity contribution < 1.29 is 9.90 Å². The largest absolute Gasteiger partial charge is 0.477 e. The summed E-state index contributed by atoms with van der Waals surface area (Å²) in [5.41, 5.74) is 0.973. The fraction of sp³-hybridized carbons (Fsp3) is 0.571. The third-order valence-electron chi connectivity index (χ3n) is 3.75.